The van der Waals surface area contributed by atoms with E-state index in [4.69, 9.17) is 21.4 Å². The van der Waals surface area contributed by atoms with Gasteiger partial charge in [-0.15, -0.1) is 0 Å². The predicted octanol–water partition coefficient (Wildman–Crippen LogP) is 4.02. The summed E-state index contributed by atoms with van der Waals surface area (Å²) in [7, 11) is 0. The number of aromatic amines is 1. The minimum absolute atomic E-state index is 0.0210. The number of para-hydroxylation sites is 1. The Morgan fingerprint density at radius 1 is 1.12 bits per heavy atom. The lowest BCUT2D eigenvalue weighted by molar-refractivity contribution is 0.439. The van der Waals surface area contributed by atoms with Crippen LogP contribution in [-0.4, -0.2) is 37.0 Å². The summed E-state index contributed by atoms with van der Waals surface area (Å²) < 4.78 is 1.69. The maximum Gasteiger partial charge on any atom is 0.219 e. The fraction of sp³-hybridized carbons (Fsp3) is 0.115. The Morgan fingerprint density at radius 3 is 2.68 bits per heavy atom. The van der Waals surface area contributed by atoms with Gasteiger partial charge in [0.25, 0.3) is 0 Å². The average Bonchev–Trinajstić information content (AvgIpc) is 3.43. The first kappa shape index (κ1) is 21.3. The summed E-state index contributed by atoms with van der Waals surface area (Å²) in [6.45, 7) is 2.34. The third-order valence-electron chi connectivity index (χ3n) is 5.86. The normalized spacial score (nSPS) is 12.5. The molecule has 0 bridgehead atoms. The van der Waals surface area contributed by atoms with E-state index in [0.29, 0.717) is 29.3 Å². The van der Waals surface area contributed by atoms with E-state index in [1.54, 1.807) is 4.40 Å². The molecule has 0 fully saturated rings. The number of hydrogen-bond acceptors (Lipinski definition) is 4. The Balaban J connectivity index is 1.68. The van der Waals surface area contributed by atoms with Crippen molar-refractivity contribution in [2.24, 2.45) is 16.5 Å². The highest BCUT2D eigenvalue weighted by molar-refractivity contribution is 5.94. The summed E-state index contributed by atoms with van der Waals surface area (Å²) in [5, 5.41) is 12.3. The Hall–Kier alpha value is -4.59. The van der Waals surface area contributed by atoms with Gasteiger partial charge >= 0.3 is 0 Å². The largest absolute Gasteiger partial charge is 0.493 e. The van der Waals surface area contributed by atoms with Crippen molar-refractivity contribution in [3.63, 3.8) is 0 Å². The third-order valence-corrected chi connectivity index (χ3v) is 5.86. The van der Waals surface area contributed by atoms with E-state index >= 15 is 0 Å². The minimum Gasteiger partial charge on any atom is -0.493 e. The summed E-state index contributed by atoms with van der Waals surface area (Å²) in [4.78, 5) is 17.0. The molecule has 1 atom stereocenters. The monoisotopic (exact) mass is 451 g/mol. The second-order valence-electron chi connectivity index (χ2n) is 8.07. The molecule has 0 aliphatic heterocycles. The zero-order chi connectivity index (χ0) is 23.7. The van der Waals surface area contributed by atoms with Crippen LogP contribution in [0.5, 0.6) is 5.88 Å². The van der Waals surface area contributed by atoms with Gasteiger partial charge in [-0.1, -0.05) is 61.5 Å². The van der Waals surface area contributed by atoms with Crippen LogP contribution in [0.15, 0.2) is 78.1 Å². The number of nitrogens with one attached hydrogen (secondary N) is 1. The zero-order valence-electron chi connectivity index (χ0n) is 18.7. The number of H-pyrrole nitrogens is 1. The van der Waals surface area contributed by atoms with Crippen LogP contribution >= 0.6 is 0 Å². The van der Waals surface area contributed by atoms with Crippen LogP contribution in [0.1, 0.15) is 29.8 Å². The van der Waals surface area contributed by atoms with Crippen molar-refractivity contribution in [3.8, 4) is 17.1 Å². The summed E-state index contributed by atoms with van der Waals surface area (Å²) in [6.07, 6.45) is 7.38. The number of guanidine groups is 1. The van der Waals surface area contributed by atoms with Gasteiger partial charge in [0, 0.05) is 34.8 Å². The molecule has 34 heavy (non-hydrogen) atoms. The Kier molecular flexibility index (Phi) is 5.47. The number of benzene rings is 2. The van der Waals surface area contributed by atoms with Crippen LogP contribution in [0, 0.1) is 0 Å². The van der Waals surface area contributed by atoms with Crippen LogP contribution in [0.4, 0.5) is 0 Å². The highest BCUT2D eigenvalue weighted by Gasteiger charge is 2.22. The van der Waals surface area contributed by atoms with E-state index in [1.807, 2.05) is 86.1 Å². The van der Waals surface area contributed by atoms with E-state index in [-0.39, 0.29) is 17.8 Å². The number of rotatable bonds is 6. The van der Waals surface area contributed by atoms with Crippen molar-refractivity contribution < 1.29 is 5.11 Å². The van der Waals surface area contributed by atoms with Crippen LogP contribution in [0.2, 0.25) is 0 Å². The highest BCUT2D eigenvalue weighted by Crippen LogP contribution is 2.34. The van der Waals surface area contributed by atoms with Crippen molar-refractivity contribution in [1.82, 2.24) is 19.4 Å². The summed E-state index contributed by atoms with van der Waals surface area (Å²) in [5.74, 6) is 0.0116. The standard InChI is InChI=1S/C26H25N7O/c1-16(17-8-3-2-4-9-17)23-25(34)33-15-22(19-14-30-20-11-6-5-10-18(19)20)31-21(24(33)32-23)12-7-13-29-26(27)28/h2-12,14-16,30,34H,13H2,1H3,(H4,27,28,29)/b12-7+. The molecule has 0 aliphatic carbocycles. The van der Waals surface area contributed by atoms with Gasteiger partial charge in [-0.2, -0.15) is 0 Å². The van der Waals surface area contributed by atoms with E-state index in [2.05, 4.69) is 9.98 Å². The van der Waals surface area contributed by atoms with Crippen molar-refractivity contribution in [3.05, 3.63) is 90.0 Å². The van der Waals surface area contributed by atoms with Crippen LogP contribution in [0.25, 0.3) is 33.9 Å². The lowest BCUT2D eigenvalue weighted by Gasteiger charge is -2.09. The van der Waals surface area contributed by atoms with E-state index in [9.17, 15) is 5.11 Å². The number of hydrogen-bond donors (Lipinski definition) is 4. The number of nitrogens with zero attached hydrogens (tertiary/aromatic N) is 4. The molecule has 0 amide bonds. The van der Waals surface area contributed by atoms with Gasteiger partial charge in [-0.3, -0.25) is 4.40 Å². The third kappa shape index (κ3) is 3.86. The van der Waals surface area contributed by atoms with E-state index in [0.717, 1.165) is 22.0 Å². The number of aliphatic imine (C=N–C) groups is 1. The first-order chi connectivity index (χ1) is 16.5. The SMILES string of the molecule is CC(c1ccccc1)c1nc2c(/C=C/CN=C(N)N)nc(-c3c[nH]c4ccccc34)cn2c1O. The maximum absolute atomic E-state index is 11.2. The molecule has 0 aliphatic rings. The number of fused-ring (bicyclic) bond motifs is 2. The first-order valence-corrected chi connectivity index (χ1v) is 11.0. The molecule has 8 nitrogen and oxygen atoms in total. The Morgan fingerprint density at radius 2 is 1.88 bits per heavy atom. The van der Waals surface area contributed by atoms with Crippen molar-refractivity contribution >= 4 is 28.6 Å². The molecule has 5 aromatic rings. The molecule has 0 saturated heterocycles. The zero-order valence-corrected chi connectivity index (χ0v) is 18.7. The van der Waals surface area contributed by atoms with Gasteiger partial charge in [-0.25, -0.2) is 15.0 Å². The van der Waals surface area contributed by atoms with Gasteiger partial charge < -0.3 is 21.6 Å². The number of imidazole rings is 1. The molecule has 5 rings (SSSR count). The first-order valence-electron chi connectivity index (χ1n) is 11.0. The minimum atomic E-state index is -0.101. The van der Waals surface area contributed by atoms with Crippen LogP contribution in [0.3, 0.4) is 0 Å². The molecular weight excluding hydrogens is 426 g/mol. The molecule has 170 valence electrons. The van der Waals surface area contributed by atoms with Crippen molar-refractivity contribution in [2.45, 2.75) is 12.8 Å². The molecule has 3 aromatic heterocycles. The fourth-order valence-electron chi connectivity index (χ4n) is 4.11. The number of nitrogens with two attached hydrogens (primary N) is 2. The van der Waals surface area contributed by atoms with E-state index in [1.165, 1.54) is 0 Å². The highest BCUT2D eigenvalue weighted by atomic mass is 16.3. The predicted molar refractivity (Wildman–Crippen MR) is 136 cm³/mol. The van der Waals surface area contributed by atoms with E-state index < -0.39 is 0 Å². The smallest absolute Gasteiger partial charge is 0.219 e. The summed E-state index contributed by atoms with van der Waals surface area (Å²) >= 11 is 0. The quantitative estimate of drug-likeness (QED) is 0.229. The lowest BCUT2D eigenvalue weighted by atomic mass is 9.98. The fourth-order valence-corrected chi connectivity index (χ4v) is 4.11. The lowest BCUT2D eigenvalue weighted by Crippen LogP contribution is -2.22. The molecule has 1 unspecified atom stereocenters. The molecule has 8 heteroatoms. The second-order valence-corrected chi connectivity index (χ2v) is 8.07. The summed E-state index contributed by atoms with van der Waals surface area (Å²) in [5.41, 5.74) is 16.3. The van der Waals surface area contributed by atoms with Crippen molar-refractivity contribution in [2.75, 3.05) is 6.54 Å². The van der Waals surface area contributed by atoms with Crippen LogP contribution < -0.4 is 11.5 Å². The Labute approximate surface area is 196 Å². The van der Waals surface area contributed by atoms with Gasteiger partial charge in [-0.05, 0) is 17.7 Å². The molecular formula is C26H25N7O. The molecule has 2 aromatic carbocycles. The summed E-state index contributed by atoms with van der Waals surface area (Å²) in [6, 6.07) is 18.0. The topological polar surface area (TPSA) is 131 Å². The second kappa shape index (κ2) is 8.74. The number of aromatic nitrogens is 4. The van der Waals surface area contributed by atoms with Crippen molar-refractivity contribution in [1.29, 1.82) is 0 Å². The molecule has 0 saturated carbocycles. The van der Waals surface area contributed by atoms with Gasteiger partial charge in [0.15, 0.2) is 11.6 Å². The van der Waals surface area contributed by atoms with Gasteiger partial charge in [0.05, 0.1) is 12.2 Å². The number of aromatic hydroxyl groups is 1. The van der Waals surface area contributed by atoms with Gasteiger partial charge in [0.1, 0.15) is 11.4 Å². The van der Waals surface area contributed by atoms with Gasteiger partial charge in [0.2, 0.25) is 5.88 Å². The maximum atomic E-state index is 11.2. The molecule has 3 heterocycles. The average molecular weight is 452 g/mol. The molecule has 0 radical (unpaired) electrons. The molecule has 0 spiro atoms. The van der Waals surface area contributed by atoms with Crippen LogP contribution in [-0.2, 0) is 0 Å². The molecule has 6 N–H and O–H groups in total. The Bertz CT molecular complexity index is 1530.